The van der Waals surface area contributed by atoms with Crippen LogP contribution in [0.4, 0.5) is 0 Å². The monoisotopic (exact) mass is 566 g/mol. The van der Waals surface area contributed by atoms with Crippen LogP contribution in [0, 0.1) is 6.92 Å². The van der Waals surface area contributed by atoms with E-state index in [1.807, 2.05) is 11.3 Å². The molecule has 0 N–H and O–H groups in total. The van der Waals surface area contributed by atoms with Crippen LogP contribution in [0.5, 0.6) is 0 Å². The maximum Gasteiger partial charge on any atom is 0.0361 e. The highest BCUT2D eigenvalue weighted by atomic mass is 32.1. The maximum atomic E-state index is 2.46. The average molecular weight is 567 g/mol. The summed E-state index contributed by atoms with van der Waals surface area (Å²) in [4.78, 5) is 0. The fourth-order valence-corrected chi connectivity index (χ4v) is 8.88. The molecule has 0 amide bonds. The lowest BCUT2D eigenvalue weighted by Gasteiger charge is -2.22. The van der Waals surface area contributed by atoms with Crippen molar-refractivity contribution in [2.45, 2.75) is 26.2 Å². The second-order valence-electron chi connectivity index (χ2n) is 12.6. The minimum Gasteiger partial charge on any atom is -0.135 e. The van der Waals surface area contributed by atoms with Crippen LogP contribution >= 0.6 is 11.3 Å². The third-order valence-corrected chi connectivity index (χ3v) is 10.9. The summed E-state index contributed by atoms with van der Waals surface area (Å²) in [5.74, 6) is 0. The van der Waals surface area contributed by atoms with E-state index in [0.29, 0.717) is 0 Å². The zero-order valence-electron chi connectivity index (χ0n) is 24.5. The first-order valence-corrected chi connectivity index (χ1v) is 15.9. The Hall–Kier alpha value is -4.72. The first-order chi connectivity index (χ1) is 21.0. The molecule has 9 rings (SSSR count). The molecule has 0 aliphatic heterocycles. The Balaban J connectivity index is 1.41. The summed E-state index contributed by atoms with van der Waals surface area (Å²) in [6.45, 7) is 6.93. The molecule has 1 aliphatic carbocycles. The Morgan fingerprint density at radius 3 is 1.98 bits per heavy atom. The van der Waals surface area contributed by atoms with E-state index in [9.17, 15) is 0 Å². The molecule has 7 aromatic carbocycles. The number of fused-ring (bicyclic) bond motifs is 8. The Morgan fingerprint density at radius 1 is 0.465 bits per heavy atom. The predicted molar refractivity (Wildman–Crippen MR) is 188 cm³/mol. The zero-order chi connectivity index (χ0) is 28.9. The van der Waals surface area contributed by atoms with E-state index in [2.05, 4.69) is 148 Å². The maximum absolute atomic E-state index is 2.46. The van der Waals surface area contributed by atoms with Crippen LogP contribution in [-0.2, 0) is 5.41 Å². The topological polar surface area (TPSA) is 0 Å². The van der Waals surface area contributed by atoms with Crippen molar-refractivity contribution in [1.82, 2.24) is 0 Å². The van der Waals surface area contributed by atoms with Crippen molar-refractivity contribution in [2.75, 3.05) is 0 Å². The molecule has 1 heteroatoms. The standard InChI is InChI=1S/C42H30S/c1-25-19-21-30-34(23-25)39(26-20-22-36-33(24-26)27-11-6-8-16-35(27)42(36,2)3)28-12-4-5-13-29(28)40(30)32-15-10-18-38-41(32)31-14-7-9-17-37(31)43-38/h4-24H,1-3H3. The van der Waals surface area contributed by atoms with Crippen LogP contribution < -0.4 is 0 Å². The lowest BCUT2D eigenvalue weighted by molar-refractivity contribution is 0.660. The first-order valence-electron chi connectivity index (χ1n) is 15.1. The minimum absolute atomic E-state index is 0.00295. The Bertz CT molecular complexity index is 2440. The molecule has 0 saturated heterocycles. The lowest BCUT2D eigenvalue weighted by Crippen LogP contribution is -2.14. The van der Waals surface area contributed by atoms with Gasteiger partial charge in [-0.1, -0.05) is 129 Å². The number of rotatable bonds is 2. The average Bonchev–Trinajstić information content (AvgIpc) is 3.52. The van der Waals surface area contributed by atoms with E-state index in [4.69, 9.17) is 0 Å². The van der Waals surface area contributed by atoms with Gasteiger partial charge in [0.15, 0.2) is 0 Å². The highest BCUT2D eigenvalue weighted by Gasteiger charge is 2.35. The molecule has 8 aromatic rings. The van der Waals surface area contributed by atoms with E-state index in [1.54, 1.807) is 0 Å². The molecule has 0 fully saturated rings. The zero-order valence-corrected chi connectivity index (χ0v) is 25.3. The molecular formula is C42H30S. The molecule has 0 spiro atoms. The van der Waals surface area contributed by atoms with Crippen molar-refractivity contribution in [3.05, 3.63) is 144 Å². The summed E-state index contributed by atoms with van der Waals surface area (Å²) in [6.07, 6.45) is 0. The van der Waals surface area contributed by atoms with Crippen molar-refractivity contribution < 1.29 is 0 Å². The summed E-state index contributed by atoms with van der Waals surface area (Å²) in [6, 6.07) is 47.9. The number of hydrogen-bond donors (Lipinski definition) is 0. The molecule has 0 bridgehead atoms. The van der Waals surface area contributed by atoms with Crippen LogP contribution in [0.15, 0.2) is 127 Å². The SMILES string of the molecule is Cc1ccc2c(-c3cccc4sc5ccccc5c34)c3ccccc3c(-c3ccc4c(c3)-c3ccccc3C4(C)C)c2c1. The first kappa shape index (κ1) is 24.8. The van der Waals surface area contributed by atoms with E-state index >= 15 is 0 Å². The molecule has 1 aromatic heterocycles. The Kier molecular flexibility index (Phi) is 5.14. The summed E-state index contributed by atoms with van der Waals surface area (Å²) < 4.78 is 2.68. The second-order valence-corrected chi connectivity index (χ2v) is 13.6. The third kappa shape index (κ3) is 3.43. The normalized spacial score (nSPS) is 13.7. The van der Waals surface area contributed by atoms with Crippen molar-refractivity contribution in [3.63, 3.8) is 0 Å². The smallest absolute Gasteiger partial charge is 0.0361 e. The molecule has 0 atom stereocenters. The minimum atomic E-state index is -0.00295. The molecule has 43 heavy (non-hydrogen) atoms. The van der Waals surface area contributed by atoms with E-state index in [-0.39, 0.29) is 5.41 Å². The van der Waals surface area contributed by atoms with Gasteiger partial charge in [0.2, 0.25) is 0 Å². The van der Waals surface area contributed by atoms with Crippen LogP contribution in [0.2, 0.25) is 0 Å². The number of benzene rings is 7. The van der Waals surface area contributed by atoms with E-state index < -0.39 is 0 Å². The largest absolute Gasteiger partial charge is 0.135 e. The van der Waals surface area contributed by atoms with Gasteiger partial charge in [-0.2, -0.15) is 0 Å². The van der Waals surface area contributed by atoms with Gasteiger partial charge in [0.25, 0.3) is 0 Å². The van der Waals surface area contributed by atoms with Gasteiger partial charge in [-0.3, -0.25) is 0 Å². The van der Waals surface area contributed by atoms with Gasteiger partial charge in [-0.15, -0.1) is 11.3 Å². The fourth-order valence-electron chi connectivity index (χ4n) is 7.75. The number of aryl methyl sites for hydroxylation is 1. The highest BCUT2D eigenvalue weighted by molar-refractivity contribution is 7.25. The summed E-state index contributed by atoms with van der Waals surface area (Å²) in [5.41, 5.74) is 12.1. The summed E-state index contributed by atoms with van der Waals surface area (Å²) >= 11 is 1.89. The summed E-state index contributed by atoms with van der Waals surface area (Å²) in [7, 11) is 0. The van der Waals surface area contributed by atoms with Crippen molar-refractivity contribution >= 4 is 53.1 Å². The van der Waals surface area contributed by atoms with Gasteiger partial charge in [0, 0.05) is 25.6 Å². The summed E-state index contributed by atoms with van der Waals surface area (Å²) in [5, 5.41) is 7.93. The van der Waals surface area contributed by atoms with Gasteiger partial charge >= 0.3 is 0 Å². The van der Waals surface area contributed by atoms with Gasteiger partial charge < -0.3 is 0 Å². The van der Waals surface area contributed by atoms with Gasteiger partial charge in [0.1, 0.15) is 0 Å². The predicted octanol–water partition coefficient (Wildman–Crippen LogP) is 12.3. The lowest BCUT2D eigenvalue weighted by atomic mass is 9.81. The van der Waals surface area contributed by atoms with E-state index in [0.717, 1.165) is 0 Å². The highest BCUT2D eigenvalue weighted by Crippen LogP contribution is 2.52. The molecule has 0 unspecified atom stereocenters. The van der Waals surface area contributed by atoms with Crippen LogP contribution in [0.3, 0.4) is 0 Å². The van der Waals surface area contributed by atoms with Gasteiger partial charge in [0.05, 0.1) is 0 Å². The molecule has 0 saturated carbocycles. The second kappa shape index (κ2) is 8.89. The van der Waals surface area contributed by atoms with Crippen LogP contribution in [-0.4, -0.2) is 0 Å². The Morgan fingerprint density at radius 2 is 1.12 bits per heavy atom. The van der Waals surface area contributed by atoms with Gasteiger partial charge in [-0.25, -0.2) is 0 Å². The Labute approximate surface area is 255 Å². The van der Waals surface area contributed by atoms with E-state index in [1.165, 1.54) is 91.8 Å². The van der Waals surface area contributed by atoms with Gasteiger partial charge in [-0.05, 0) is 91.2 Å². The number of thiophene rings is 1. The fraction of sp³-hybridized carbons (Fsp3) is 0.0952. The molecule has 0 radical (unpaired) electrons. The van der Waals surface area contributed by atoms with Crippen molar-refractivity contribution in [2.24, 2.45) is 0 Å². The number of hydrogen-bond acceptors (Lipinski definition) is 1. The van der Waals surface area contributed by atoms with Crippen LogP contribution in [0.25, 0.3) is 75.1 Å². The quantitative estimate of drug-likeness (QED) is 0.183. The van der Waals surface area contributed by atoms with Crippen molar-refractivity contribution in [3.8, 4) is 33.4 Å². The molecular weight excluding hydrogens is 537 g/mol. The molecule has 204 valence electrons. The molecule has 0 nitrogen and oxygen atoms in total. The molecule has 1 heterocycles. The van der Waals surface area contributed by atoms with Crippen LogP contribution in [0.1, 0.15) is 30.5 Å². The third-order valence-electron chi connectivity index (χ3n) is 9.72. The molecule has 1 aliphatic rings. The van der Waals surface area contributed by atoms with Crippen molar-refractivity contribution in [1.29, 1.82) is 0 Å².